The normalized spacial score (nSPS) is 21.0. The first-order chi connectivity index (χ1) is 17.4. The Kier molecular flexibility index (Phi) is 9.04. The zero-order chi connectivity index (χ0) is 28.5. The van der Waals surface area contributed by atoms with Crippen LogP contribution in [0.25, 0.3) is 0 Å². The third-order valence-electron chi connectivity index (χ3n) is 5.77. The van der Waals surface area contributed by atoms with E-state index in [1.807, 2.05) is 0 Å². The quantitative estimate of drug-likeness (QED) is 0.219. The Balaban J connectivity index is 2.22. The van der Waals surface area contributed by atoms with Crippen LogP contribution in [-0.2, 0) is 32.0 Å². The average Bonchev–Trinajstić information content (AvgIpc) is 2.77. The number of benzene rings is 2. The molecule has 12 heteroatoms. The van der Waals surface area contributed by atoms with Gasteiger partial charge < -0.3 is 19.2 Å². The van der Waals surface area contributed by atoms with Crippen LogP contribution in [-0.4, -0.2) is 28.5 Å². The van der Waals surface area contributed by atoms with Crippen molar-refractivity contribution in [1.29, 1.82) is 0 Å². The molecule has 1 heterocycles. The van der Waals surface area contributed by atoms with Crippen LogP contribution >= 0.6 is 0 Å². The summed E-state index contributed by atoms with van der Waals surface area (Å²) in [5.74, 6) is -2.47. The summed E-state index contributed by atoms with van der Waals surface area (Å²) in [4.78, 5) is 0. The van der Waals surface area contributed by atoms with Gasteiger partial charge in [-0.2, -0.15) is 26.3 Å². The molecule has 3 atom stereocenters. The van der Waals surface area contributed by atoms with Gasteiger partial charge in [0.2, 0.25) is 0 Å². The van der Waals surface area contributed by atoms with Crippen molar-refractivity contribution in [2.45, 2.75) is 70.8 Å². The van der Waals surface area contributed by atoms with Gasteiger partial charge >= 0.3 is 12.4 Å². The van der Waals surface area contributed by atoms with Crippen LogP contribution in [0.2, 0.25) is 13.1 Å². The predicted octanol–water partition coefficient (Wildman–Crippen LogP) is 7.16. The molecule has 1 aliphatic rings. The van der Waals surface area contributed by atoms with Gasteiger partial charge in [0.05, 0.1) is 23.8 Å². The van der Waals surface area contributed by atoms with Crippen molar-refractivity contribution < 1.29 is 44.6 Å². The molecule has 3 rings (SSSR count). The van der Waals surface area contributed by atoms with E-state index >= 15 is 0 Å². The van der Waals surface area contributed by atoms with Crippen molar-refractivity contribution in [3.8, 4) is 0 Å². The van der Waals surface area contributed by atoms with Gasteiger partial charge in [0, 0.05) is 18.5 Å². The van der Waals surface area contributed by atoms with Crippen molar-refractivity contribution in [1.82, 2.24) is 5.32 Å². The molecule has 2 unspecified atom stereocenters. The zero-order valence-corrected chi connectivity index (χ0v) is 22.9. The van der Waals surface area contributed by atoms with Gasteiger partial charge in [-0.15, -0.1) is 0 Å². The summed E-state index contributed by atoms with van der Waals surface area (Å²) < 4.78 is 115. The molecule has 0 saturated carbocycles. The van der Waals surface area contributed by atoms with Crippen LogP contribution < -0.4 is 5.32 Å². The highest BCUT2D eigenvalue weighted by atomic mass is 28.3. The van der Waals surface area contributed by atoms with Gasteiger partial charge in [-0.05, 0) is 54.4 Å². The van der Waals surface area contributed by atoms with Gasteiger partial charge in [0.25, 0.3) is 0 Å². The average molecular weight is 568 g/mol. The van der Waals surface area contributed by atoms with Crippen molar-refractivity contribution in [3.05, 3.63) is 70.5 Å². The molecule has 38 heavy (non-hydrogen) atoms. The van der Waals surface area contributed by atoms with E-state index in [1.54, 1.807) is 33.9 Å². The second-order valence-corrected chi connectivity index (χ2v) is 13.1. The lowest BCUT2D eigenvalue weighted by atomic mass is 9.83. The second-order valence-electron chi connectivity index (χ2n) is 10.8. The van der Waals surface area contributed by atoms with E-state index < -0.39 is 67.4 Å². The summed E-state index contributed by atoms with van der Waals surface area (Å²) in [5, 5.41) is 3.19. The lowest BCUT2D eigenvalue weighted by Crippen LogP contribution is -2.50. The molecular weight excluding hydrogens is 535 g/mol. The van der Waals surface area contributed by atoms with E-state index in [4.69, 9.17) is 13.9 Å². The number of halogens is 7. The maximum atomic E-state index is 13.8. The maximum Gasteiger partial charge on any atom is 0.416 e. The maximum absolute atomic E-state index is 13.8. The lowest BCUT2D eigenvalue weighted by Gasteiger charge is -2.45. The van der Waals surface area contributed by atoms with E-state index in [1.165, 1.54) is 24.3 Å². The third kappa shape index (κ3) is 7.78. The molecule has 1 saturated heterocycles. The number of alkyl halides is 6. The van der Waals surface area contributed by atoms with Crippen molar-refractivity contribution in [2.24, 2.45) is 5.41 Å². The van der Waals surface area contributed by atoms with Crippen LogP contribution in [0.4, 0.5) is 30.7 Å². The van der Waals surface area contributed by atoms with Crippen LogP contribution in [0.15, 0.2) is 42.5 Å². The fourth-order valence-corrected chi connectivity index (χ4v) is 5.46. The molecule has 0 radical (unpaired) electrons. The van der Waals surface area contributed by atoms with E-state index in [9.17, 15) is 30.7 Å². The van der Waals surface area contributed by atoms with Gasteiger partial charge in [-0.3, -0.25) is 0 Å². The molecule has 1 aliphatic heterocycles. The van der Waals surface area contributed by atoms with Gasteiger partial charge in [-0.25, -0.2) is 4.39 Å². The topological polar surface area (TPSA) is 39.7 Å². The number of rotatable bonds is 7. The Morgan fingerprint density at radius 3 is 1.89 bits per heavy atom. The Hall–Kier alpha value is -1.99. The van der Waals surface area contributed by atoms with E-state index in [0.717, 1.165) is 0 Å². The van der Waals surface area contributed by atoms with Crippen LogP contribution in [0.5, 0.6) is 0 Å². The minimum atomic E-state index is -5.04. The number of morpholine rings is 1. The van der Waals surface area contributed by atoms with Gasteiger partial charge in [0.1, 0.15) is 5.82 Å². The summed E-state index contributed by atoms with van der Waals surface area (Å²) >= 11 is 0. The molecule has 0 aromatic heterocycles. The van der Waals surface area contributed by atoms with E-state index in [2.05, 4.69) is 5.32 Å². The van der Waals surface area contributed by atoms with Crippen LogP contribution in [0, 0.1) is 11.2 Å². The van der Waals surface area contributed by atoms with Crippen LogP contribution in [0.1, 0.15) is 55.5 Å². The summed E-state index contributed by atoms with van der Waals surface area (Å²) in [6, 6.07) is 6.20. The summed E-state index contributed by atoms with van der Waals surface area (Å²) in [5.41, 5.74) is -3.40. The standard InChI is InChI=1S/C26H32F7NO3Si/c1-23(2,3)15-24(37-38(4)5,17-12-18(25(28,29)30)14-19(13-17)26(31,32)33)36-22-21(34-10-11-35-22)16-6-8-20(27)9-7-16/h6-9,12-14,21-22,34,38H,10-11,15H2,1-5H3/t21?,22?,24-/m1/s1. The smallest absolute Gasteiger partial charge is 0.390 e. The molecular formula is C26H32F7NO3Si. The highest BCUT2D eigenvalue weighted by molar-refractivity contribution is 6.48. The first-order valence-electron chi connectivity index (χ1n) is 12.2. The Bertz CT molecular complexity index is 1050. The zero-order valence-electron chi connectivity index (χ0n) is 21.8. The molecule has 212 valence electrons. The van der Waals surface area contributed by atoms with E-state index in [-0.39, 0.29) is 19.1 Å². The van der Waals surface area contributed by atoms with Gasteiger partial charge in [0.15, 0.2) is 21.1 Å². The molecule has 0 spiro atoms. The predicted molar refractivity (Wildman–Crippen MR) is 130 cm³/mol. The fourth-order valence-electron chi connectivity index (χ4n) is 4.42. The number of hydrogen-bond acceptors (Lipinski definition) is 4. The molecule has 2 aromatic carbocycles. The number of hydrogen-bond donors (Lipinski definition) is 1. The monoisotopic (exact) mass is 567 g/mol. The van der Waals surface area contributed by atoms with Crippen molar-refractivity contribution >= 4 is 9.04 Å². The molecule has 2 aromatic rings. The molecule has 0 bridgehead atoms. The first-order valence-corrected chi connectivity index (χ1v) is 14.9. The fraction of sp³-hybridized carbons (Fsp3) is 0.538. The minimum absolute atomic E-state index is 0.0697. The highest BCUT2D eigenvalue weighted by Crippen LogP contribution is 2.46. The Labute approximate surface area is 219 Å². The largest absolute Gasteiger partial charge is 0.416 e. The lowest BCUT2D eigenvalue weighted by molar-refractivity contribution is -0.313. The summed E-state index contributed by atoms with van der Waals surface area (Å²) in [6.45, 7) is 9.41. The van der Waals surface area contributed by atoms with Crippen LogP contribution in [0.3, 0.4) is 0 Å². The van der Waals surface area contributed by atoms with Gasteiger partial charge in [-0.1, -0.05) is 32.9 Å². The molecule has 0 amide bonds. The molecule has 1 fully saturated rings. The van der Waals surface area contributed by atoms with Crippen molar-refractivity contribution in [3.63, 3.8) is 0 Å². The first kappa shape index (κ1) is 30.5. The summed E-state index contributed by atoms with van der Waals surface area (Å²) in [6.07, 6.45) is -11.3. The van der Waals surface area contributed by atoms with E-state index in [0.29, 0.717) is 24.2 Å². The highest BCUT2D eigenvalue weighted by Gasteiger charge is 2.47. The molecule has 4 nitrogen and oxygen atoms in total. The minimum Gasteiger partial charge on any atom is -0.390 e. The molecule has 0 aliphatic carbocycles. The SMILES string of the molecule is C[SiH](C)O[C@@](CC(C)(C)C)(OC1OCCNC1c1ccc(F)cc1)c1cc(C(F)(F)F)cc(C(F)(F)F)c1. The number of nitrogens with one attached hydrogen (secondary N) is 1. The van der Waals surface area contributed by atoms with Crippen molar-refractivity contribution in [2.75, 3.05) is 13.2 Å². The Morgan fingerprint density at radius 2 is 1.42 bits per heavy atom. The second kappa shape index (κ2) is 11.2. The summed E-state index contributed by atoms with van der Waals surface area (Å²) in [7, 11) is -2.16. The third-order valence-corrected chi connectivity index (χ3v) is 6.63. The number of ether oxygens (including phenoxy) is 2. The Morgan fingerprint density at radius 1 is 0.895 bits per heavy atom. The molecule has 1 N–H and O–H groups in total.